The Kier molecular flexibility index (Phi) is 3.17. The summed E-state index contributed by atoms with van der Waals surface area (Å²) in [7, 11) is 0. The summed E-state index contributed by atoms with van der Waals surface area (Å²) in [5, 5.41) is 12.8. The average Bonchev–Trinajstić information content (AvgIpc) is 3.16. The molecule has 0 atom stereocenters. The largest absolute Gasteiger partial charge is 0.290 e. The van der Waals surface area contributed by atoms with Crippen molar-refractivity contribution < 1.29 is 4.92 Å². The Labute approximate surface area is 135 Å². The van der Waals surface area contributed by atoms with Crippen LogP contribution < -0.4 is 0 Å². The van der Waals surface area contributed by atoms with Crippen LogP contribution in [0, 0.1) is 10.1 Å². The van der Waals surface area contributed by atoms with Crippen molar-refractivity contribution in [1.82, 2.24) is 9.38 Å². The van der Waals surface area contributed by atoms with E-state index in [9.17, 15) is 10.1 Å². The molecule has 112 valence electrons. The van der Waals surface area contributed by atoms with Gasteiger partial charge in [0.05, 0.1) is 16.3 Å². The third-order valence-corrected chi connectivity index (χ3v) is 4.42. The lowest BCUT2D eigenvalue weighted by atomic mass is 10.0. The molecule has 0 radical (unpaired) electrons. The number of nitro benzene ring substituents is 1. The first-order valence-corrected chi connectivity index (χ1v) is 7.88. The van der Waals surface area contributed by atoms with E-state index in [0.29, 0.717) is 0 Å². The number of fused-ring (bicyclic) bond motifs is 1. The SMILES string of the molecule is O=[N+]([O-])c1ccc(-c2nc3sccn3c2-c2ccccc2)cc1. The number of non-ortho nitro benzene ring substituents is 1. The van der Waals surface area contributed by atoms with E-state index in [-0.39, 0.29) is 5.69 Å². The van der Waals surface area contributed by atoms with Crippen LogP contribution in [-0.4, -0.2) is 14.3 Å². The molecule has 0 amide bonds. The van der Waals surface area contributed by atoms with Crippen LogP contribution in [0.1, 0.15) is 0 Å². The van der Waals surface area contributed by atoms with Crippen LogP contribution in [-0.2, 0) is 0 Å². The van der Waals surface area contributed by atoms with Gasteiger partial charge in [0.2, 0.25) is 0 Å². The number of rotatable bonds is 3. The maximum absolute atomic E-state index is 10.8. The highest BCUT2D eigenvalue weighted by Crippen LogP contribution is 2.34. The third-order valence-electron chi connectivity index (χ3n) is 3.66. The van der Waals surface area contributed by atoms with Crippen molar-refractivity contribution in [2.75, 3.05) is 0 Å². The van der Waals surface area contributed by atoms with Gasteiger partial charge in [-0.15, -0.1) is 11.3 Å². The molecule has 2 heterocycles. The van der Waals surface area contributed by atoms with Crippen LogP contribution in [0.4, 0.5) is 5.69 Å². The lowest BCUT2D eigenvalue weighted by molar-refractivity contribution is -0.384. The van der Waals surface area contributed by atoms with Crippen molar-refractivity contribution in [3.05, 3.63) is 76.3 Å². The van der Waals surface area contributed by atoms with Gasteiger partial charge in [-0.1, -0.05) is 30.3 Å². The zero-order valence-electron chi connectivity index (χ0n) is 11.9. The molecular formula is C17H11N3O2S. The maximum Gasteiger partial charge on any atom is 0.269 e. The van der Waals surface area contributed by atoms with E-state index in [2.05, 4.69) is 4.40 Å². The average molecular weight is 321 g/mol. The smallest absolute Gasteiger partial charge is 0.269 e. The first-order chi connectivity index (χ1) is 11.2. The fourth-order valence-corrected chi connectivity index (χ4v) is 3.31. The molecule has 0 N–H and O–H groups in total. The fraction of sp³-hybridized carbons (Fsp3) is 0. The van der Waals surface area contributed by atoms with Gasteiger partial charge in [-0.3, -0.25) is 14.5 Å². The Morgan fingerprint density at radius 3 is 2.43 bits per heavy atom. The molecule has 23 heavy (non-hydrogen) atoms. The second kappa shape index (κ2) is 5.33. The Morgan fingerprint density at radius 2 is 1.74 bits per heavy atom. The Hall–Kier alpha value is -2.99. The van der Waals surface area contributed by atoms with Crippen LogP contribution in [0.2, 0.25) is 0 Å². The summed E-state index contributed by atoms with van der Waals surface area (Å²) in [5.41, 5.74) is 3.83. The van der Waals surface area contributed by atoms with E-state index >= 15 is 0 Å². The van der Waals surface area contributed by atoms with E-state index in [1.54, 1.807) is 23.5 Å². The quantitative estimate of drug-likeness (QED) is 0.408. The van der Waals surface area contributed by atoms with Crippen molar-refractivity contribution in [2.24, 2.45) is 0 Å². The number of nitro groups is 1. The van der Waals surface area contributed by atoms with Crippen molar-refractivity contribution in [3.8, 4) is 22.5 Å². The molecule has 4 rings (SSSR count). The first kappa shape index (κ1) is 13.7. The van der Waals surface area contributed by atoms with Gasteiger partial charge in [-0.25, -0.2) is 4.98 Å². The standard InChI is InChI=1S/C17H11N3O2S/c21-20(22)14-8-6-12(7-9-14)15-16(13-4-2-1-3-5-13)19-10-11-23-17(19)18-15/h1-11H. The number of hydrogen-bond donors (Lipinski definition) is 0. The number of hydrogen-bond acceptors (Lipinski definition) is 4. The van der Waals surface area contributed by atoms with Crippen LogP contribution in [0.5, 0.6) is 0 Å². The van der Waals surface area contributed by atoms with Crippen molar-refractivity contribution in [2.45, 2.75) is 0 Å². The van der Waals surface area contributed by atoms with E-state index < -0.39 is 4.92 Å². The molecule has 2 aromatic heterocycles. The Morgan fingerprint density at radius 1 is 1.00 bits per heavy atom. The molecule has 0 spiro atoms. The highest BCUT2D eigenvalue weighted by molar-refractivity contribution is 7.15. The van der Waals surface area contributed by atoms with E-state index in [4.69, 9.17) is 4.98 Å². The highest BCUT2D eigenvalue weighted by Gasteiger charge is 2.17. The monoisotopic (exact) mass is 321 g/mol. The molecule has 0 fully saturated rings. The van der Waals surface area contributed by atoms with Gasteiger partial charge in [0, 0.05) is 34.8 Å². The second-order valence-corrected chi connectivity index (χ2v) is 5.91. The molecule has 0 saturated heterocycles. The van der Waals surface area contributed by atoms with Crippen molar-refractivity contribution >= 4 is 22.0 Å². The summed E-state index contributed by atoms with van der Waals surface area (Å²) in [6.07, 6.45) is 1.99. The molecule has 0 saturated carbocycles. The van der Waals surface area contributed by atoms with Crippen LogP contribution >= 0.6 is 11.3 Å². The summed E-state index contributed by atoms with van der Waals surface area (Å²) < 4.78 is 2.05. The molecule has 0 aliphatic heterocycles. The molecule has 0 aliphatic rings. The Bertz CT molecular complexity index is 988. The molecule has 4 aromatic rings. The van der Waals surface area contributed by atoms with Gasteiger partial charge in [0.1, 0.15) is 0 Å². The summed E-state index contributed by atoms with van der Waals surface area (Å²) in [5.74, 6) is 0. The summed E-state index contributed by atoms with van der Waals surface area (Å²) in [6, 6.07) is 16.5. The van der Waals surface area contributed by atoms with Gasteiger partial charge in [-0.2, -0.15) is 0 Å². The van der Waals surface area contributed by atoms with Crippen LogP contribution in [0.25, 0.3) is 27.5 Å². The van der Waals surface area contributed by atoms with Gasteiger partial charge in [0.25, 0.3) is 5.69 Å². The zero-order chi connectivity index (χ0) is 15.8. The maximum atomic E-state index is 10.8. The van der Waals surface area contributed by atoms with Gasteiger partial charge < -0.3 is 0 Å². The molecular weight excluding hydrogens is 310 g/mol. The molecule has 2 aromatic carbocycles. The minimum atomic E-state index is -0.395. The van der Waals surface area contributed by atoms with Gasteiger partial charge in [-0.05, 0) is 12.1 Å². The number of nitrogens with zero attached hydrogens (tertiary/aromatic N) is 3. The lowest BCUT2D eigenvalue weighted by Crippen LogP contribution is -1.89. The molecule has 5 nitrogen and oxygen atoms in total. The molecule has 6 heteroatoms. The zero-order valence-corrected chi connectivity index (χ0v) is 12.7. The predicted molar refractivity (Wildman–Crippen MR) is 90.6 cm³/mol. The van der Waals surface area contributed by atoms with E-state index in [1.807, 2.05) is 41.9 Å². The van der Waals surface area contributed by atoms with Gasteiger partial charge in [0.15, 0.2) is 4.96 Å². The van der Waals surface area contributed by atoms with E-state index in [0.717, 1.165) is 27.5 Å². The minimum absolute atomic E-state index is 0.0797. The van der Waals surface area contributed by atoms with Crippen LogP contribution in [0.3, 0.4) is 0 Å². The summed E-state index contributed by atoms with van der Waals surface area (Å²) >= 11 is 1.56. The second-order valence-electron chi connectivity index (χ2n) is 5.03. The molecule has 0 aliphatic carbocycles. The third kappa shape index (κ3) is 2.29. The summed E-state index contributed by atoms with van der Waals surface area (Å²) in [6.45, 7) is 0. The number of benzene rings is 2. The number of thiazole rings is 1. The van der Waals surface area contributed by atoms with Crippen molar-refractivity contribution in [3.63, 3.8) is 0 Å². The first-order valence-electron chi connectivity index (χ1n) is 7.00. The predicted octanol–water partition coefficient (Wildman–Crippen LogP) is 4.64. The molecule has 0 unspecified atom stereocenters. The summed E-state index contributed by atoms with van der Waals surface area (Å²) in [4.78, 5) is 16.0. The highest BCUT2D eigenvalue weighted by atomic mass is 32.1. The van der Waals surface area contributed by atoms with Gasteiger partial charge >= 0.3 is 0 Å². The fourth-order valence-electron chi connectivity index (χ4n) is 2.60. The normalized spacial score (nSPS) is 11.0. The minimum Gasteiger partial charge on any atom is -0.290 e. The molecule has 0 bridgehead atoms. The Balaban J connectivity index is 1.93. The number of aromatic nitrogens is 2. The van der Waals surface area contributed by atoms with Crippen LogP contribution in [0.15, 0.2) is 66.2 Å². The lowest BCUT2D eigenvalue weighted by Gasteiger charge is -2.04. The topological polar surface area (TPSA) is 60.4 Å². The number of imidazole rings is 1. The van der Waals surface area contributed by atoms with E-state index in [1.165, 1.54) is 12.1 Å². The van der Waals surface area contributed by atoms with Crippen molar-refractivity contribution in [1.29, 1.82) is 0 Å².